The van der Waals surface area contributed by atoms with Crippen molar-refractivity contribution in [2.24, 2.45) is 5.92 Å². The lowest BCUT2D eigenvalue weighted by molar-refractivity contribution is -0.119. The summed E-state index contributed by atoms with van der Waals surface area (Å²) in [4.78, 5) is 24.2. The minimum absolute atomic E-state index is 0.116. The molecule has 1 aromatic rings. The third-order valence-corrected chi connectivity index (χ3v) is 8.88. The highest BCUT2D eigenvalue weighted by molar-refractivity contribution is 7.86. The van der Waals surface area contributed by atoms with Gasteiger partial charge in [-0.05, 0) is 44.9 Å². The zero-order valence-corrected chi connectivity index (χ0v) is 18.9. The van der Waals surface area contributed by atoms with Crippen molar-refractivity contribution in [3.63, 3.8) is 0 Å². The van der Waals surface area contributed by atoms with E-state index in [-0.39, 0.29) is 5.91 Å². The molecule has 9 nitrogen and oxygen atoms in total. The van der Waals surface area contributed by atoms with Crippen LogP contribution < -0.4 is 4.90 Å². The van der Waals surface area contributed by atoms with Crippen molar-refractivity contribution in [2.75, 3.05) is 44.3 Å². The number of ether oxygens (including phenoxy) is 1. The van der Waals surface area contributed by atoms with Gasteiger partial charge >= 0.3 is 0 Å². The first-order valence-electron chi connectivity index (χ1n) is 11.5. The SMILES string of the molecule is Cc1nc([C@@H]2CCCCN2S(=O)(=O)N2CCOCC2)nc2c1CCC(=O)N2CC1CC1. The number of morpholine rings is 1. The molecule has 4 heterocycles. The summed E-state index contributed by atoms with van der Waals surface area (Å²) >= 11 is 0. The maximum atomic E-state index is 13.4. The zero-order valence-electron chi connectivity index (χ0n) is 18.1. The molecule has 1 saturated carbocycles. The number of hydrogen-bond acceptors (Lipinski definition) is 6. The van der Waals surface area contributed by atoms with E-state index >= 15 is 0 Å². The Bertz CT molecular complexity index is 959. The van der Waals surface area contributed by atoms with Crippen molar-refractivity contribution in [3.05, 3.63) is 17.1 Å². The van der Waals surface area contributed by atoms with Crippen molar-refractivity contribution < 1.29 is 17.9 Å². The quantitative estimate of drug-likeness (QED) is 0.677. The van der Waals surface area contributed by atoms with Gasteiger partial charge in [-0.25, -0.2) is 9.97 Å². The molecular weight excluding hydrogens is 418 g/mol. The molecule has 3 fully saturated rings. The third kappa shape index (κ3) is 4.10. The molecule has 0 N–H and O–H groups in total. The zero-order chi connectivity index (χ0) is 21.6. The van der Waals surface area contributed by atoms with Crippen LogP contribution in [0.25, 0.3) is 0 Å². The molecule has 31 heavy (non-hydrogen) atoms. The Kier molecular flexibility index (Phi) is 5.74. The van der Waals surface area contributed by atoms with Crippen LogP contribution in [0.2, 0.25) is 0 Å². The number of rotatable bonds is 5. The van der Waals surface area contributed by atoms with E-state index in [0.29, 0.717) is 76.2 Å². The normalized spacial score (nSPS) is 26.2. The van der Waals surface area contributed by atoms with Crippen molar-refractivity contribution in [3.8, 4) is 0 Å². The highest BCUT2D eigenvalue weighted by Gasteiger charge is 2.40. The summed E-state index contributed by atoms with van der Waals surface area (Å²) in [6.45, 7) is 4.73. The number of nitrogens with zero attached hydrogens (tertiary/aromatic N) is 5. The Morgan fingerprint density at radius 1 is 1.03 bits per heavy atom. The third-order valence-electron chi connectivity index (χ3n) is 6.84. The standard InChI is InChI=1S/C21H31N5O4S/c1-15-17-7-8-19(27)25(14-16-5-6-16)21(17)23-20(22-15)18-4-2-3-9-26(18)31(28,29)24-10-12-30-13-11-24/h16,18H,2-14H2,1H3/t18-/m0/s1. The predicted molar refractivity (Wildman–Crippen MR) is 115 cm³/mol. The van der Waals surface area contributed by atoms with Gasteiger partial charge in [-0.1, -0.05) is 6.42 Å². The molecule has 5 rings (SSSR count). The van der Waals surface area contributed by atoms with Gasteiger partial charge in [0.1, 0.15) is 11.6 Å². The molecule has 3 aliphatic heterocycles. The minimum Gasteiger partial charge on any atom is -0.379 e. The number of aromatic nitrogens is 2. The van der Waals surface area contributed by atoms with E-state index in [1.807, 2.05) is 11.8 Å². The number of amides is 1. The molecule has 1 aromatic heterocycles. The summed E-state index contributed by atoms with van der Waals surface area (Å²) in [5, 5.41) is 0. The van der Waals surface area contributed by atoms with Crippen LogP contribution in [0.15, 0.2) is 0 Å². The van der Waals surface area contributed by atoms with E-state index < -0.39 is 16.3 Å². The molecule has 0 bridgehead atoms. The van der Waals surface area contributed by atoms with Gasteiger partial charge in [-0.3, -0.25) is 9.69 Å². The lowest BCUT2D eigenvalue weighted by atomic mass is 10.0. The van der Waals surface area contributed by atoms with Crippen LogP contribution in [0.3, 0.4) is 0 Å². The molecule has 1 amide bonds. The maximum absolute atomic E-state index is 13.4. The van der Waals surface area contributed by atoms with E-state index in [0.717, 1.165) is 36.9 Å². The second-order valence-corrected chi connectivity index (χ2v) is 10.9. The maximum Gasteiger partial charge on any atom is 0.282 e. The monoisotopic (exact) mass is 449 g/mol. The van der Waals surface area contributed by atoms with Crippen molar-refractivity contribution in [1.82, 2.24) is 18.6 Å². The van der Waals surface area contributed by atoms with E-state index in [9.17, 15) is 13.2 Å². The van der Waals surface area contributed by atoms with Crippen molar-refractivity contribution >= 4 is 21.9 Å². The van der Waals surface area contributed by atoms with E-state index in [4.69, 9.17) is 14.7 Å². The Morgan fingerprint density at radius 2 is 1.81 bits per heavy atom. The van der Waals surface area contributed by atoms with Crippen LogP contribution >= 0.6 is 0 Å². The van der Waals surface area contributed by atoms with Crippen molar-refractivity contribution in [2.45, 2.75) is 57.9 Å². The number of aryl methyl sites for hydroxylation is 1. The van der Waals surface area contributed by atoms with E-state index in [2.05, 4.69) is 0 Å². The second kappa shape index (κ2) is 8.38. The summed E-state index contributed by atoms with van der Waals surface area (Å²) in [5.41, 5.74) is 1.89. The van der Waals surface area contributed by atoms with Gasteiger partial charge in [0.15, 0.2) is 0 Å². The van der Waals surface area contributed by atoms with Crippen LogP contribution in [0.5, 0.6) is 0 Å². The number of fused-ring (bicyclic) bond motifs is 1. The van der Waals surface area contributed by atoms with Crippen LogP contribution in [-0.2, 0) is 26.2 Å². The van der Waals surface area contributed by atoms with Crippen LogP contribution in [0.1, 0.15) is 61.6 Å². The lowest BCUT2D eigenvalue weighted by Gasteiger charge is -2.39. The number of carbonyl (C=O) groups is 1. The van der Waals surface area contributed by atoms with E-state index in [1.165, 1.54) is 4.31 Å². The van der Waals surface area contributed by atoms with Gasteiger partial charge in [0.05, 0.1) is 19.3 Å². The Hall–Kier alpha value is -1.62. The fourth-order valence-electron chi connectivity index (χ4n) is 4.86. The highest BCUT2D eigenvalue weighted by atomic mass is 32.2. The first-order valence-corrected chi connectivity index (χ1v) is 12.9. The number of hydrogen-bond donors (Lipinski definition) is 0. The predicted octanol–water partition coefficient (Wildman–Crippen LogP) is 1.58. The summed E-state index contributed by atoms with van der Waals surface area (Å²) in [5.74, 6) is 1.91. The Morgan fingerprint density at radius 3 is 2.55 bits per heavy atom. The molecule has 4 aliphatic rings. The van der Waals surface area contributed by atoms with Crippen LogP contribution in [-0.4, -0.2) is 72.3 Å². The van der Waals surface area contributed by atoms with Gasteiger partial charge < -0.3 is 4.74 Å². The molecular formula is C21H31N5O4S. The first kappa shape index (κ1) is 21.2. The van der Waals surface area contributed by atoms with Crippen molar-refractivity contribution in [1.29, 1.82) is 0 Å². The molecule has 1 aliphatic carbocycles. The molecule has 0 unspecified atom stereocenters. The molecule has 1 atom stereocenters. The fourth-order valence-corrected chi connectivity index (χ4v) is 6.65. The molecule has 2 saturated heterocycles. The van der Waals surface area contributed by atoms with Gasteiger partial charge in [0.25, 0.3) is 10.2 Å². The summed E-state index contributed by atoms with van der Waals surface area (Å²) in [7, 11) is -3.62. The molecule has 0 radical (unpaired) electrons. The van der Waals surface area contributed by atoms with Gasteiger partial charge in [-0.15, -0.1) is 0 Å². The molecule has 0 aromatic carbocycles. The minimum atomic E-state index is -3.62. The Balaban J connectivity index is 1.50. The topological polar surface area (TPSA) is 95.9 Å². The average molecular weight is 450 g/mol. The van der Waals surface area contributed by atoms with Gasteiger partial charge in [0.2, 0.25) is 5.91 Å². The summed E-state index contributed by atoms with van der Waals surface area (Å²) < 4.78 is 35.3. The highest BCUT2D eigenvalue weighted by Crippen LogP contribution is 2.38. The molecule has 0 spiro atoms. The molecule has 10 heteroatoms. The lowest BCUT2D eigenvalue weighted by Crippen LogP contribution is -2.51. The van der Waals surface area contributed by atoms with Gasteiger partial charge in [-0.2, -0.15) is 17.0 Å². The summed E-state index contributed by atoms with van der Waals surface area (Å²) in [6.07, 6.45) is 5.92. The number of anilines is 1. The number of piperidine rings is 1. The van der Waals surface area contributed by atoms with E-state index in [1.54, 1.807) is 4.31 Å². The van der Waals surface area contributed by atoms with Crippen LogP contribution in [0, 0.1) is 12.8 Å². The number of carbonyl (C=O) groups excluding carboxylic acids is 1. The second-order valence-electron chi connectivity index (χ2n) is 9.06. The molecule has 170 valence electrons. The smallest absolute Gasteiger partial charge is 0.282 e. The Labute approximate surface area is 184 Å². The fraction of sp³-hybridized carbons (Fsp3) is 0.762. The van der Waals surface area contributed by atoms with Gasteiger partial charge in [0, 0.05) is 43.9 Å². The van der Waals surface area contributed by atoms with Crippen LogP contribution in [0.4, 0.5) is 5.82 Å². The summed E-state index contributed by atoms with van der Waals surface area (Å²) in [6, 6.07) is -0.398. The first-order chi connectivity index (χ1) is 14.9. The average Bonchev–Trinajstić information content (AvgIpc) is 3.60. The largest absolute Gasteiger partial charge is 0.379 e.